The summed E-state index contributed by atoms with van der Waals surface area (Å²) in [4.78, 5) is 22.4. The minimum Gasteiger partial charge on any atom is -0.481 e. The fraction of sp³-hybridized carbons (Fsp3) is 0.235. The number of hydrogen-bond donors (Lipinski definition) is 2. The summed E-state index contributed by atoms with van der Waals surface area (Å²) in [7, 11) is -3.74. The fourth-order valence-electron chi connectivity index (χ4n) is 2.57. The summed E-state index contributed by atoms with van der Waals surface area (Å²) < 4.78 is 12.9. The number of carboxylic acid groups (broad SMARTS) is 1. The van der Waals surface area contributed by atoms with Gasteiger partial charge in [0.1, 0.15) is 0 Å². The zero-order valence-corrected chi connectivity index (χ0v) is 14.4. The average molecular weight is 350 g/mol. The Labute approximate surface area is 139 Å². The Kier molecular flexibility index (Phi) is 5.94. The largest absolute Gasteiger partial charge is 0.481 e. The van der Waals surface area contributed by atoms with E-state index in [2.05, 4.69) is 0 Å². The van der Waals surface area contributed by atoms with Crippen molar-refractivity contribution in [2.75, 3.05) is 0 Å². The third-order valence-corrected chi connectivity index (χ3v) is 6.56. The Morgan fingerprint density at radius 2 is 2.00 bits per heavy atom. The molecule has 1 aromatic carbocycles. The molecule has 1 heterocycles. The molecule has 0 bridgehead atoms. The van der Waals surface area contributed by atoms with Gasteiger partial charge >= 0.3 is 5.97 Å². The second-order valence-electron chi connectivity index (χ2n) is 5.29. The van der Waals surface area contributed by atoms with Crippen molar-refractivity contribution in [2.24, 2.45) is 0 Å². The molecule has 6 heteroatoms. The number of rotatable bonds is 7. The van der Waals surface area contributed by atoms with E-state index in [1.165, 1.54) is 11.3 Å². The third-order valence-electron chi connectivity index (χ3n) is 3.61. The zero-order valence-electron chi connectivity index (χ0n) is 12.7. The quantitative estimate of drug-likeness (QED) is 0.576. The Bertz CT molecular complexity index is 709. The smallest absolute Gasteiger partial charge is 0.312 e. The molecule has 0 radical (unpaired) electrons. The minimum atomic E-state index is -3.74. The number of aliphatic carboxylic acids is 1. The number of carbonyl (C=O) groups is 1. The SMILES string of the molecule is C/C=C\C(C(C(=O)O)c1ccccc1)P(=O)(O)Cc1ccsc1. The summed E-state index contributed by atoms with van der Waals surface area (Å²) in [6, 6.07) is 10.4. The van der Waals surface area contributed by atoms with Crippen molar-refractivity contribution in [3.8, 4) is 0 Å². The molecule has 0 aliphatic rings. The molecule has 0 fully saturated rings. The van der Waals surface area contributed by atoms with Gasteiger partial charge in [0.15, 0.2) is 0 Å². The number of benzene rings is 1. The van der Waals surface area contributed by atoms with Crippen LogP contribution in [0.4, 0.5) is 0 Å². The maximum atomic E-state index is 12.9. The topological polar surface area (TPSA) is 74.6 Å². The molecule has 0 spiro atoms. The molecule has 0 saturated carbocycles. The van der Waals surface area contributed by atoms with Crippen LogP contribution in [0.15, 0.2) is 59.3 Å². The van der Waals surface area contributed by atoms with Crippen LogP contribution >= 0.6 is 18.7 Å². The van der Waals surface area contributed by atoms with E-state index in [9.17, 15) is 19.4 Å². The standard InChI is InChI=1S/C17H19O4PS/c1-2-6-15(22(20,21)11-13-9-10-23-12-13)16(17(18)19)14-7-4-3-5-8-14/h2-10,12,15-16H,11H2,1H3,(H,18,19)(H,20,21)/b6-2-. The van der Waals surface area contributed by atoms with Crippen LogP contribution in [0.25, 0.3) is 0 Å². The molecule has 0 aliphatic heterocycles. The predicted molar refractivity (Wildman–Crippen MR) is 93.3 cm³/mol. The molecule has 3 unspecified atom stereocenters. The molecule has 0 aliphatic carbocycles. The van der Waals surface area contributed by atoms with Crippen molar-refractivity contribution < 1.29 is 19.4 Å². The van der Waals surface area contributed by atoms with Gasteiger partial charge in [-0.05, 0) is 34.9 Å². The maximum absolute atomic E-state index is 12.9. The average Bonchev–Trinajstić information content (AvgIpc) is 2.99. The van der Waals surface area contributed by atoms with E-state index in [0.29, 0.717) is 5.56 Å². The first-order valence-electron chi connectivity index (χ1n) is 7.19. The number of carboxylic acids is 1. The van der Waals surface area contributed by atoms with Gasteiger partial charge in [-0.15, -0.1) is 0 Å². The molecule has 122 valence electrons. The van der Waals surface area contributed by atoms with Gasteiger partial charge in [-0.1, -0.05) is 42.5 Å². The normalized spacial score (nSPS) is 16.8. The van der Waals surface area contributed by atoms with E-state index in [-0.39, 0.29) is 6.16 Å². The first-order valence-corrected chi connectivity index (χ1v) is 10.0. The fourth-order valence-corrected chi connectivity index (χ4v) is 5.50. The van der Waals surface area contributed by atoms with Crippen LogP contribution in [0.1, 0.15) is 24.0 Å². The van der Waals surface area contributed by atoms with Crippen molar-refractivity contribution in [1.82, 2.24) is 0 Å². The highest BCUT2D eigenvalue weighted by Gasteiger charge is 2.40. The molecular weight excluding hydrogens is 331 g/mol. The van der Waals surface area contributed by atoms with Crippen molar-refractivity contribution in [3.05, 3.63) is 70.4 Å². The van der Waals surface area contributed by atoms with Crippen molar-refractivity contribution in [3.63, 3.8) is 0 Å². The first-order chi connectivity index (χ1) is 11.0. The summed E-state index contributed by atoms with van der Waals surface area (Å²) in [5.74, 6) is -2.15. The lowest BCUT2D eigenvalue weighted by atomic mass is 9.95. The van der Waals surface area contributed by atoms with E-state index < -0.39 is 24.9 Å². The molecule has 3 atom stereocenters. The highest BCUT2D eigenvalue weighted by Crippen LogP contribution is 2.55. The molecule has 2 N–H and O–H groups in total. The minimum absolute atomic E-state index is 0.0257. The monoisotopic (exact) mass is 350 g/mol. The van der Waals surface area contributed by atoms with Crippen LogP contribution in [0.2, 0.25) is 0 Å². The summed E-state index contributed by atoms with van der Waals surface area (Å²) in [5, 5.41) is 13.3. The summed E-state index contributed by atoms with van der Waals surface area (Å²) in [6.45, 7) is 1.72. The Balaban J connectivity index is 2.42. The second kappa shape index (κ2) is 7.73. The van der Waals surface area contributed by atoms with Gasteiger partial charge in [0, 0.05) is 0 Å². The molecule has 2 rings (SSSR count). The van der Waals surface area contributed by atoms with Crippen LogP contribution < -0.4 is 0 Å². The zero-order chi connectivity index (χ0) is 16.9. The van der Waals surface area contributed by atoms with Crippen LogP contribution in [0.5, 0.6) is 0 Å². The van der Waals surface area contributed by atoms with Crippen molar-refractivity contribution >= 4 is 24.7 Å². The van der Waals surface area contributed by atoms with E-state index in [1.807, 2.05) is 10.8 Å². The maximum Gasteiger partial charge on any atom is 0.312 e. The third kappa shape index (κ3) is 4.41. The van der Waals surface area contributed by atoms with Gasteiger partial charge < -0.3 is 10.00 Å². The lowest BCUT2D eigenvalue weighted by Gasteiger charge is -2.26. The van der Waals surface area contributed by atoms with Crippen LogP contribution in [-0.2, 0) is 15.5 Å². The van der Waals surface area contributed by atoms with Gasteiger partial charge in [-0.25, -0.2) is 0 Å². The van der Waals surface area contributed by atoms with Crippen LogP contribution in [-0.4, -0.2) is 21.6 Å². The number of allylic oxidation sites excluding steroid dienone is 2. The lowest BCUT2D eigenvalue weighted by Crippen LogP contribution is -2.25. The number of thiophene rings is 1. The molecule has 0 saturated heterocycles. The van der Waals surface area contributed by atoms with Gasteiger partial charge in [0.2, 0.25) is 7.37 Å². The molecule has 4 nitrogen and oxygen atoms in total. The molecule has 23 heavy (non-hydrogen) atoms. The van der Waals surface area contributed by atoms with Gasteiger partial charge in [-0.3, -0.25) is 9.36 Å². The van der Waals surface area contributed by atoms with Gasteiger partial charge in [0.05, 0.1) is 17.7 Å². The summed E-state index contributed by atoms with van der Waals surface area (Å²) in [5.41, 5.74) is 0.322. The van der Waals surface area contributed by atoms with Crippen molar-refractivity contribution in [2.45, 2.75) is 24.7 Å². The highest BCUT2D eigenvalue weighted by atomic mass is 32.1. The first kappa shape index (κ1) is 17.7. The Morgan fingerprint density at radius 1 is 1.30 bits per heavy atom. The van der Waals surface area contributed by atoms with Gasteiger partial charge in [-0.2, -0.15) is 11.3 Å². The molecule has 2 aromatic rings. The summed E-state index contributed by atoms with van der Waals surface area (Å²) in [6.07, 6.45) is 3.15. The second-order valence-corrected chi connectivity index (χ2v) is 8.49. The summed E-state index contributed by atoms with van der Waals surface area (Å²) >= 11 is 1.45. The highest BCUT2D eigenvalue weighted by molar-refractivity contribution is 7.58. The van der Waals surface area contributed by atoms with Gasteiger partial charge in [0.25, 0.3) is 0 Å². The lowest BCUT2D eigenvalue weighted by molar-refractivity contribution is -0.138. The van der Waals surface area contributed by atoms with E-state index in [4.69, 9.17) is 0 Å². The van der Waals surface area contributed by atoms with Crippen molar-refractivity contribution in [1.29, 1.82) is 0 Å². The van der Waals surface area contributed by atoms with E-state index >= 15 is 0 Å². The Hall–Kier alpha value is -1.68. The molecular formula is C17H19O4PS. The predicted octanol–water partition coefficient (Wildman–Crippen LogP) is 4.33. The Morgan fingerprint density at radius 3 is 2.52 bits per heavy atom. The molecule has 0 amide bonds. The van der Waals surface area contributed by atoms with Crippen LogP contribution in [0.3, 0.4) is 0 Å². The van der Waals surface area contributed by atoms with Crippen LogP contribution in [0, 0.1) is 0 Å². The molecule has 1 aromatic heterocycles. The van der Waals surface area contributed by atoms with E-state index in [0.717, 1.165) is 5.56 Å². The number of hydrogen-bond acceptors (Lipinski definition) is 3. The van der Waals surface area contributed by atoms with E-state index in [1.54, 1.807) is 55.5 Å².